The number of rotatable bonds is 6. The molecule has 1 aliphatic heterocycles. The highest BCUT2D eigenvalue weighted by molar-refractivity contribution is 5.86. The topological polar surface area (TPSA) is 67.4 Å². The molecule has 0 radical (unpaired) electrons. The van der Waals surface area contributed by atoms with Gasteiger partial charge >= 0.3 is 0 Å². The van der Waals surface area contributed by atoms with Crippen molar-refractivity contribution in [3.05, 3.63) is 18.5 Å². The van der Waals surface area contributed by atoms with E-state index in [1.165, 1.54) is 6.42 Å². The molecule has 0 bridgehead atoms. The molecule has 6 nitrogen and oxygen atoms in total. The molecule has 158 valence electrons. The Bertz CT molecular complexity index is 523. The Morgan fingerprint density at radius 2 is 1.85 bits per heavy atom. The van der Waals surface area contributed by atoms with Crippen LogP contribution >= 0.6 is 37.2 Å². The number of likely N-dealkylation sites (tertiary alicyclic amines) is 1. The lowest BCUT2D eigenvalue weighted by Crippen LogP contribution is -2.46. The molecule has 27 heavy (non-hydrogen) atoms. The number of hydrogen-bond acceptors (Lipinski definition) is 4. The normalized spacial score (nSPS) is 23.0. The van der Waals surface area contributed by atoms with Crippen molar-refractivity contribution >= 4 is 43.1 Å². The largest absolute Gasteiger partial charge is 0.343 e. The first-order chi connectivity index (χ1) is 11.6. The fraction of sp³-hybridized carbons (Fsp3) is 0.778. The van der Waals surface area contributed by atoms with Crippen LogP contribution in [-0.4, -0.2) is 64.3 Å². The standard InChI is InChI=1S/C18H31N5O.3ClH/c1-21(18(24)14-15-4-2-5-17(15)19)16-6-10-22(11-7-16)12-13-23-9-3-8-20-23;;;/h3,8-9,15-17H,2,4-7,10-14,19H2,1H3;3*1H/t15-,17+;;;/m0.../s1. The fourth-order valence-corrected chi connectivity index (χ4v) is 4.10. The van der Waals surface area contributed by atoms with Crippen LogP contribution in [0.2, 0.25) is 0 Å². The number of hydrogen-bond donors (Lipinski definition) is 1. The number of piperidine rings is 1. The summed E-state index contributed by atoms with van der Waals surface area (Å²) in [6.45, 7) is 4.09. The molecule has 0 unspecified atom stereocenters. The lowest BCUT2D eigenvalue weighted by Gasteiger charge is -2.37. The SMILES string of the molecule is CN(C(=O)C[C@@H]1CCC[C@H]1N)C1CCN(CCn2cccn2)CC1.Cl.Cl.Cl. The van der Waals surface area contributed by atoms with Gasteiger partial charge in [-0.05, 0) is 37.7 Å². The van der Waals surface area contributed by atoms with Gasteiger partial charge in [0.15, 0.2) is 0 Å². The van der Waals surface area contributed by atoms with E-state index in [0.717, 1.165) is 51.9 Å². The molecule has 2 atom stereocenters. The molecule has 2 aliphatic rings. The molecule has 1 amide bonds. The summed E-state index contributed by atoms with van der Waals surface area (Å²) in [6, 6.07) is 2.57. The number of nitrogens with zero attached hydrogens (tertiary/aromatic N) is 4. The molecule has 1 aromatic rings. The summed E-state index contributed by atoms with van der Waals surface area (Å²) in [5, 5.41) is 4.25. The molecule has 2 heterocycles. The maximum atomic E-state index is 12.6. The van der Waals surface area contributed by atoms with Gasteiger partial charge in [0.25, 0.3) is 0 Å². The highest BCUT2D eigenvalue weighted by Gasteiger charge is 2.30. The van der Waals surface area contributed by atoms with Gasteiger partial charge in [0.1, 0.15) is 0 Å². The Morgan fingerprint density at radius 1 is 1.15 bits per heavy atom. The summed E-state index contributed by atoms with van der Waals surface area (Å²) in [6.07, 6.45) is 9.98. The number of nitrogens with two attached hydrogens (primary N) is 1. The second-order valence-electron chi connectivity index (χ2n) is 7.41. The summed E-state index contributed by atoms with van der Waals surface area (Å²) in [5.41, 5.74) is 6.11. The minimum Gasteiger partial charge on any atom is -0.343 e. The van der Waals surface area contributed by atoms with E-state index in [-0.39, 0.29) is 49.2 Å². The van der Waals surface area contributed by atoms with E-state index in [0.29, 0.717) is 18.4 Å². The highest BCUT2D eigenvalue weighted by atomic mass is 35.5. The molecule has 9 heteroatoms. The van der Waals surface area contributed by atoms with Gasteiger partial charge < -0.3 is 15.5 Å². The number of carbonyl (C=O) groups is 1. The van der Waals surface area contributed by atoms with Crippen LogP contribution in [0, 0.1) is 5.92 Å². The maximum absolute atomic E-state index is 12.6. The summed E-state index contributed by atoms with van der Waals surface area (Å²) in [7, 11) is 1.98. The van der Waals surface area contributed by atoms with E-state index in [1.54, 1.807) is 0 Å². The lowest BCUT2D eigenvalue weighted by molar-refractivity contribution is -0.133. The molecule has 1 saturated heterocycles. The number of carbonyl (C=O) groups excluding carboxylic acids is 1. The Labute approximate surface area is 181 Å². The first-order valence-corrected chi connectivity index (χ1v) is 9.34. The summed E-state index contributed by atoms with van der Waals surface area (Å²) < 4.78 is 1.98. The van der Waals surface area contributed by atoms with Crippen molar-refractivity contribution in [2.75, 3.05) is 26.7 Å². The van der Waals surface area contributed by atoms with E-state index < -0.39 is 0 Å². The molecular weight excluding hydrogens is 409 g/mol. The Hall–Kier alpha value is -0.530. The van der Waals surface area contributed by atoms with Gasteiger partial charge in [0, 0.05) is 57.6 Å². The van der Waals surface area contributed by atoms with Gasteiger partial charge in [-0.15, -0.1) is 37.2 Å². The minimum atomic E-state index is 0. The van der Waals surface area contributed by atoms with E-state index in [2.05, 4.69) is 10.00 Å². The Morgan fingerprint density at radius 3 is 2.41 bits per heavy atom. The van der Waals surface area contributed by atoms with Crippen LogP contribution in [0.1, 0.15) is 38.5 Å². The molecule has 3 rings (SSSR count). The van der Waals surface area contributed by atoms with Gasteiger partial charge in [-0.1, -0.05) is 6.42 Å². The lowest BCUT2D eigenvalue weighted by atomic mass is 9.97. The molecule has 0 spiro atoms. The fourth-order valence-electron chi connectivity index (χ4n) is 4.10. The van der Waals surface area contributed by atoms with Crippen molar-refractivity contribution in [3.8, 4) is 0 Å². The van der Waals surface area contributed by atoms with E-state index in [4.69, 9.17) is 5.73 Å². The number of halogens is 3. The zero-order valence-electron chi connectivity index (χ0n) is 16.0. The van der Waals surface area contributed by atoms with Gasteiger partial charge in [-0.2, -0.15) is 5.10 Å². The van der Waals surface area contributed by atoms with Crippen LogP contribution in [0.15, 0.2) is 18.5 Å². The highest BCUT2D eigenvalue weighted by Crippen LogP contribution is 2.28. The first-order valence-electron chi connectivity index (χ1n) is 9.34. The van der Waals surface area contributed by atoms with Crippen molar-refractivity contribution in [2.24, 2.45) is 11.7 Å². The van der Waals surface area contributed by atoms with Gasteiger partial charge in [0.2, 0.25) is 5.91 Å². The Kier molecular flexibility index (Phi) is 12.6. The zero-order chi connectivity index (χ0) is 16.9. The maximum Gasteiger partial charge on any atom is 0.222 e. The van der Waals surface area contributed by atoms with Gasteiger partial charge in [-0.25, -0.2) is 0 Å². The summed E-state index contributed by atoms with van der Waals surface area (Å²) in [5.74, 6) is 0.682. The third-order valence-electron chi connectivity index (χ3n) is 5.86. The quantitative estimate of drug-likeness (QED) is 0.735. The molecule has 1 saturated carbocycles. The third-order valence-corrected chi connectivity index (χ3v) is 5.86. The van der Waals surface area contributed by atoms with E-state index in [1.807, 2.05) is 35.1 Å². The third kappa shape index (κ3) is 7.42. The van der Waals surface area contributed by atoms with Crippen LogP contribution in [0.25, 0.3) is 0 Å². The number of amides is 1. The molecular formula is C18H34Cl3N5O. The van der Waals surface area contributed by atoms with Crippen LogP contribution in [0.5, 0.6) is 0 Å². The van der Waals surface area contributed by atoms with E-state index >= 15 is 0 Å². The predicted molar refractivity (Wildman–Crippen MR) is 116 cm³/mol. The second-order valence-corrected chi connectivity index (χ2v) is 7.41. The van der Waals surface area contributed by atoms with Crippen LogP contribution in [0.4, 0.5) is 0 Å². The molecule has 1 aliphatic carbocycles. The molecule has 0 aromatic carbocycles. The Balaban J connectivity index is 0.00000225. The van der Waals surface area contributed by atoms with E-state index in [9.17, 15) is 4.79 Å². The second kappa shape index (κ2) is 12.8. The predicted octanol–water partition coefficient (Wildman–Crippen LogP) is 2.59. The van der Waals surface area contributed by atoms with Gasteiger partial charge in [0.05, 0.1) is 6.54 Å². The monoisotopic (exact) mass is 441 g/mol. The zero-order valence-corrected chi connectivity index (χ0v) is 18.5. The summed E-state index contributed by atoms with van der Waals surface area (Å²) >= 11 is 0. The van der Waals surface area contributed by atoms with Crippen molar-refractivity contribution < 1.29 is 4.79 Å². The summed E-state index contributed by atoms with van der Waals surface area (Å²) in [4.78, 5) is 17.0. The minimum absolute atomic E-state index is 0. The van der Waals surface area contributed by atoms with Crippen LogP contribution in [-0.2, 0) is 11.3 Å². The van der Waals surface area contributed by atoms with Crippen LogP contribution < -0.4 is 5.73 Å². The first kappa shape index (κ1) is 26.5. The number of aromatic nitrogens is 2. The van der Waals surface area contributed by atoms with Crippen molar-refractivity contribution in [1.29, 1.82) is 0 Å². The average Bonchev–Trinajstić information content (AvgIpc) is 3.25. The average molecular weight is 443 g/mol. The van der Waals surface area contributed by atoms with Crippen LogP contribution in [0.3, 0.4) is 0 Å². The molecule has 2 fully saturated rings. The van der Waals surface area contributed by atoms with Crippen molar-refractivity contribution in [3.63, 3.8) is 0 Å². The van der Waals surface area contributed by atoms with Gasteiger partial charge in [-0.3, -0.25) is 9.48 Å². The van der Waals surface area contributed by atoms with Crippen molar-refractivity contribution in [2.45, 2.75) is 57.2 Å². The molecule has 2 N–H and O–H groups in total. The van der Waals surface area contributed by atoms with Crippen molar-refractivity contribution in [1.82, 2.24) is 19.6 Å². The smallest absolute Gasteiger partial charge is 0.222 e. The molecule has 1 aromatic heterocycles.